The minimum atomic E-state index is 0.421. The molecule has 3 nitrogen and oxygen atoms in total. The highest BCUT2D eigenvalue weighted by Gasteiger charge is 2.04. The van der Waals surface area contributed by atoms with Crippen LogP contribution in [0.5, 0.6) is 0 Å². The van der Waals surface area contributed by atoms with E-state index < -0.39 is 0 Å². The van der Waals surface area contributed by atoms with Crippen molar-refractivity contribution in [3.05, 3.63) is 54.2 Å². The summed E-state index contributed by atoms with van der Waals surface area (Å²) in [5, 5.41) is 3.47. The molecular weight excluding hydrogens is 212 g/mol. The lowest BCUT2D eigenvalue weighted by Crippen LogP contribution is -2.29. The van der Waals surface area contributed by atoms with Gasteiger partial charge in [-0.3, -0.25) is 4.98 Å². The summed E-state index contributed by atoms with van der Waals surface area (Å²) in [4.78, 5) is 4.29. The molecule has 2 heterocycles. The van der Waals surface area contributed by atoms with E-state index in [0.29, 0.717) is 6.04 Å². The van der Waals surface area contributed by atoms with Crippen LogP contribution >= 0.6 is 0 Å². The molecule has 0 aromatic carbocycles. The first-order valence-electron chi connectivity index (χ1n) is 6.00. The summed E-state index contributed by atoms with van der Waals surface area (Å²) in [5.41, 5.74) is 1.13. The van der Waals surface area contributed by atoms with Crippen LogP contribution < -0.4 is 5.32 Å². The molecule has 0 saturated carbocycles. The van der Waals surface area contributed by atoms with Crippen molar-refractivity contribution in [3.63, 3.8) is 0 Å². The lowest BCUT2D eigenvalue weighted by molar-refractivity contribution is 0.458. The van der Waals surface area contributed by atoms with Crippen LogP contribution in [0.25, 0.3) is 0 Å². The Morgan fingerprint density at radius 2 is 2.24 bits per heavy atom. The number of furan rings is 1. The number of pyridine rings is 1. The number of nitrogens with one attached hydrogen (secondary N) is 1. The van der Waals surface area contributed by atoms with E-state index in [0.717, 1.165) is 30.8 Å². The summed E-state index contributed by atoms with van der Waals surface area (Å²) in [7, 11) is 0. The second-order valence-corrected chi connectivity index (χ2v) is 4.21. The summed E-state index contributed by atoms with van der Waals surface area (Å²) in [5.74, 6) is 1.03. The van der Waals surface area contributed by atoms with Crippen LogP contribution in [0.2, 0.25) is 0 Å². The van der Waals surface area contributed by atoms with E-state index in [4.69, 9.17) is 4.42 Å². The Balaban J connectivity index is 1.68. The lowest BCUT2D eigenvalue weighted by Gasteiger charge is -2.11. The van der Waals surface area contributed by atoms with Crippen molar-refractivity contribution >= 4 is 0 Å². The van der Waals surface area contributed by atoms with Crippen LogP contribution in [0, 0.1) is 0 Å². The molecule has 17 heavy (non-hydrogen) atoms. The fourth-order valence-corrected chi connectivity index (χ4v) is 1.80. The molecule has 0 aliphatic rings. The summed E-state index contributed by atoms with van der Waals surface area (Å²) < 4.78 is 5.32. The number of rotatable bonds is 6. The first-order valence-corrected chi connectivity index (χ1v) is 6.00. The van der Waals surface area contributed by atoms with Gasteiger partial charge in [-0.05, 0) is 31.2 Å². The first-order chi connectivity index (χ1) is 8.34. The molecule has 2 aromatic heterocycles. The molecule has 0 aliphatic carbocycles. The average Bonchev–Trinajstić information content (AvgIpc) is 2.83. The first kappa shape index (κ1) is 11.9. The molecule has 2 rings (SSSR count). The lowest BCUT2D eigenvalue weighted by atomic mass is 10.2. The average molecular weight is 230 g/mol. The molecule has 3 heteroatoms. The van der Waals surface area contributed by atoms with E-state index in [9.17, 15) is 0 Å². The minimum absolute atomic E-state index is 0.421. The Morgan fingerprint density at radius 1 is 1.29 bits per heavy atom. The molecule has 0 amide bonds. The Labute approximate surface area is 102 Å². The maximum Gasteiger partial charge on any atom is 0.105 e. The zero-order valence-corrected chi connectivity index (χ0v) is 10.1. The third-order valence-electron chi connectivity index (χ3n) is 2.69. The van der Waals surface area contributed by atoms with Gasteiger partial charge in [0.2, 0.25) is 0 Å². The van der Waals surface area contributed by atoms with E-state index in [1.54, 1.807) is 6.26 Å². The van der Waals surface area contributed by atoms with E-state index in [-0.39, 0.29) is 0 Å². The molecule has 1 atom stereocenters. The Morgan fingerprint density at radius 3 is 2.94 bits per heavy atom. The maximum absolute atomic E-state index is 5.32. The summed E-state index contributed by atoms with van der Waals surface area (Å²) in [6.07, 6.45) is 5.44. The highest BCUT2D eigenvalue weighted by molar-refractivity contribution is 5.04. The summed E-state index contributed by atoms with van der Waals surface area (Å²) in [6, 6.07) is 10.4. The second-order valence-electron chi connectivity index (χ2n) is 4.21. The monoisotopic (exact) mass is 230 g/mol. The zero-order valence-electron chi connectivity index (χ0n) is 10.1. The normalized spacial score (nSPS) is 12.5. The molecule has 0 saturated heterocycles. The fourth-order valence-electron chi connectivity index (χ4n) is 1.80. The van der Waals surface area contributed by atoms with Crippen LogP contribution in [-0.4, -0.2) is 17.6 Å². The van der Waals surface area contributed by atoms with Crippen LogP contribution in [0.1, 0.15) is 18.4 Å². The van der Waals surface area contributed by atoms with Gasteiger partial charge in [0.05, 0.1) is 6.26 Å². The van der Waals surface area contributed by atoms with Crippen LogP contribution in [0.4, 0.5) is 0 Å². The zero-order chi connectivity index (χ0) is 11.9. The molecular formula is C14H18N2O. The molecule has 0 aliphatic heterocycles. The van der Waals surface area contributed by atoms with Gasteiger partial charge in [-0.25, -0.2) is 0 Å². The van der Waals surface area contributed by atoms with Crippen LogP contribution in [-0.2, 0) is 12.8 Å². The van der Waals surface area contributed by atoms with E-state index >= 15 is 0 Å². The standard InChI is InChI=1S/C14H18N2O/c1-12(11-14-6-4-10-17-14)15-9-7-13-5-2-3-8-16-13/h2-6,8,10,12,15H,7,9,11H2,1H3. The number of nitrogens with zero attached hydrogens (tertiary/aromatic N) is 1. The highest BCUT2D eigenvalue weighted by Crippen LogP contribution is 2.03. The van der Waals surface area contributed by atoms with Crippen LogP contribution in [0.15, 0.2) is 47.2 Å². The largest absolute Gasteiger partial charge is 0.469 e. The number of hydrogen-bond acceptors (Lipinski definition) is 3. The van der Waals surface area contributed by atoms with Crippen molar-refractivity contribution < 1.29 is 4.42 Å². The number of aromatic nitrogens is 1. The Hall–Kier alpha value is -1.61. The SMILES string of the molecule is CC(Cc1ccco1)NCCc1ccccn1. The van der Waals surface area contributed by atoms with Gasteiger partial charge in [-0.1, -0.05) is 6.07 Å². The van der Waals surface area contributed by atoms with Gasteiger partial charge in [0.1, 0.15) is 5.76 Å². The smallest absolute Gasteiger partial charge is 0.105 e. The van der Waals surface area contributed by atoms with Gasteiger partial charge in [0.25, 0.3) is 0 Å². The molecule has 0 spiro atoms. The Bertz CT molecular complexity index is 411. The van der Waals surface area contributed by atoms with Gasteiger partial charge in [0, 0.05) is 37.3 Å². The predicted molar refractivity (Wildman–Crippen MR) is 67.8 cm³/mol. The fraction of sp³-hybridized carbons (Fsp3) is 0.357. The molecule has 90 valence electrons. The van der Waals surface area contributed by atoms with Crippen molar-refractivity contribution in [3.8, 4) is 0 Å². The van der Waals surface area contributed by atoms with Gasteiger partial charge in [-0.15, -0.1) is 0 Å². The van der Waals surface area contributed by atoms with Gasteiger partial charge in [0.15, 0.2) is 0 Å². The highest BCUT2D eigenvalue weighted by atomic mass is 16.3. The van der Waals surface area contributed by atoms with E-state index in [1.807, 2.05) is 30.5 Å². The van der Waals surface area contributed by atoms with E-state index in [1.165, 1.54) is 0 Å². The third-order valence-corrected chi connectivity index (χ3v) is 2.69. The minimum Gasteiger partial charge on any atom is -0.469 e. The summed E-state index contributed by atoms with van der Waals surface area (Å²) in [6.45, 7) is 3.11. The molecule has 0 bridgehead atoms. The van der Waals surface area contributed by atoms with Crippen molar-refractivity contribution in [2.75, 3.05) is 6.54 Å². The van der Waals surface area contributed by atoms with E-state index in [2.05, 4.69) is 23.3 Å². The molecule has 0 radical (unpaired) electrons. The Kier molecular flexibility index (Phi) is 4.33. The second kappa shape index (κ2) is 6.21. The molecule has 0 fully saturated rings. The van der Waals surface area contributed by atoms with Gasteiger partial charge >= 0.3 is 0 Å². The van der Waals surface area contributed by atoms with Crippen molar-refractivity contribution in [2.45, 2.75) is 25.8 Å². The summed E-state index contributed by atoms with van der Waals surface area (Å²) >= 11 is 0. The van der Waals surface area contributed by atoms with Crippen molar-refractivity contribution in [2.24, 2.45) is 0 Å². The van der Waals surface area contributed by atoms with Gasteiger partial charge < -0.3 is 9.73 Å². The maximum atomic E-state index is 5.32. The van der Waals surface area contributed by atoms with Crippen molar-refractivity contribution in [1.82, 2.24) is 10.3 Å². The quantitative estimate of drug-likeness (QED) is 0.828. The third kappa shape index (κ3) is 4.04. The van der Waals surface area contributed by atoms with Crippen LogP contribution in [0.3, 0.4) is 0 Å². The van der Waals surface area contributed by atoms with Gasteiger partial charge in [-0.2, -0.15) is 0 Å². The number of hydrogen-bond donors (Lipinski definition) is 1. The molecule has 2 aromatic rings. The molecule has 1 unspecified atom stereocenters. The van der Waals surface area contributed by atoms with Crippen molar-refractivity contribution in [1.29, 1.82) is 0 Å². The topological polar surface area (TPSA) is 38.1 Å². The predicted octanol–water partition coefficient (Wildman–Crippen LogP) is 2.44. The molecule has 1 N–H and O–H groups in total.